The number of ketones is 3. The van der Waals surface area contributed by atoms with E-state index in [0.29, 0.717) is 16.0 Å². The topological polar surface area (TPSA) is 54.5 Å². The molecule has 1 spiro atoms. The lowest BCUT2D eigenvalue weighted by Gasteiger charge is -2.37. The molecule has 1 aliphatic carbocycles. The van der Waals surface area contributed by atoms with Crippen molar-refractivity contribution in [1.82, 2.24) is 0 Å². The highest BCUT2D eigenvalue weighted by Gasteiger charge is 2.71. The van der Waals surface area contributed by atoms with Gasteiger partial charge in [-0.1, -0.05) is 91.0 Å². The van der Waals surface area contributed by atoms with Gasteiger partial charge in [0.2, 0.25) is 0 Å². The molecule has 3 heterocycles. The maximum absolute atomic E-state index is 14.4. The van der Waals surface area contributed by atoms with E-state index in [4.69, 9.17) is 0 Å². The second kappa shape index (κ2) is 7.70. The van der Waals surface area contributed by atoms with Crippen molar-refractivity contribution in [3.8, 4) is 0 Å². The maximum atomic E-state index is 14.4. The summed E-state index contributed by atoms with van der Waals surface area (Å²) in [6, 6.07) is 27.0. The Bertz CT molecular complexity index is 1540. The number of para-hydroxylation sites is 1. The van der Waals surface area contributed by atoms with Crippen LogP contribution in [0.5, 0.6) is 0 Å². The summed E-state index contributed by atoms with van der Waals surface area (Å²) in [5.41, 5.74) is 2.11. The zero-order valence-corrected chi connectivity index (χ0v) is 20.0. The van der Waals surface area contributed by atoms with Crippen molar-refractivity contribution in [2.45, 2.75) is 18.0 Å². The first-order valence-electron chi connectivity index (χ1n) is 12.0. The van der Waals surface area contributed by atoms with Gasteiger partial charge in [0.15, 0.2) is 17.3 Å². The normalized spacial score (nSPS) is 23.0. The summed E-state index contributed by atoms with van der Waals surface area (Å²) in [6.07, 6.45) is 3.95. The van der Waals surface area contributed by atoms with Gasteiger partial charge in [-0.15, -0.1) is 11.3 Å². The molecule has 174 valence electrons. The molecule has 1 saturated heterocycles. The number of hydrogen-bond donors (Lipinski definition) is 0. The molecule has 0 N–H and O–H groups in total. The van der Waals surface area contributed by atoms with Crippen molar-refractivity contribution < 1.29 is 14.4 Å². The van der Waals surface area contributed by atoms with Crippen LogP contribution in [-0.4, -0.2) is 29.4 Å². The lowest BCUT2D eigenvalue weighted by Crippen LogP contribution is -2.48. The molecule has 2 aliphatic heterocycles. The van der Waals surface area contributed by atoms with Gasteiger partial charge < -0.3 is 4.90 Å². The molecule has 0 radical (unpaired) electrons. The van der Waals surface area contributed by atoms with Gasteiger partial charge in [-0.2, -0.15) is 0 Å². The second-order valence-electron chi connectivity index (χ2n) is 9.52. The van der Waals surface area contributed by atoms with Gasteiger partial charge in [0.1, 0.15) is 11.5 Å². The highest BCUT2D eigenvalue weighted by Crippen LogP contribution is 2.60. The Morgan fingerprint density at radius 2 is 1.44 bits per heavy atom. The Labute approximate surface area is 212 Å². The first-order chi connectivity index (χ1) is 17.6. The minimum atomic E-state index is -1.44. The molecule has 0 saturated carbocycles. The van der Waals surface area contributed by atoms with E-state index in [9.17, 15) is 14.4 Å². The molecule has 1 aromatic heterocycles. The summed E-state index contributed by atoms with van der Waals surface area (Å²) in [5.74, 6) is -1.11. The van der Waals surface area contributed by atoms with E-state index in [-0.39, 0.29) is 17.3 Å². The Kier molecular flexibility index (Phi) is 4.54. The number of nitrogens with zero attached hydrogens (tertiary/aromatic N) is 1. The number of Topliss-reactive ketones (excluding diaryl/α,β-unsaturated/α-hetero) is 3. The van der Waals surface area contributed by atoms with Crippen LogP contribution in [-0.2, 0) is 0 Å². The van der Waals surface area contributed by atoms with Gasteiger partial charge in [0.25, 0.3) is 0 Å². The first kappa shape index (κ1) is 21.2. The molecule has 4 aromatic rings. The van der Waals surface area contributed by atoms with Gasteiger partial charge in [-0.3, -0.25) is 14.4 Å². The highest BCUT2D eigenvalue weighted by atomic mass is 32.1. The number of thiophene rings is 1. The molecular formula is C31H21NO3S. The van der Waals surface area contributed by atoms with Crippen LogP contribution in [0.2, 0.25) is 0 Å². The van der Waals surface area contributed by atoms with Gasteiger partial charge in [-0.05, 0) is 28.6 Å². The number of carbonyl (C=O) groups is 3. The number of rotatable bonds is 3. The minimum Gasteiger partial charge on any atom is -0.352 e. The zero-order chi connectivity index (χ0) is 24.4. The molecule has 36 heavy (non-hydrogen) atoms. The Morgan fingerprint density at radius 3 is 2.14 bits per heavy atom. The third-order valence-electron chi connectivity index (χ3n) is 7.90. The van der Waals surface area contributed by atoms with Crippen LogP contribution in [0.4, 0.5) is 5.69 Å². The van der Waals surface area contributed by atoms with Crippen LogP contribution < -0.4 is 4.90 Å². The van der Waals surface area contributed by atoms with Crippen LogP contribution in [0.3, 0.4) is 0 Å². The van der Waals surface area contributed by atoms with Crippen molar-refractivity contribution in [3.05, 3.63) is 130 Å². The number of anilines is 1. The number of hydrogen-bond acceptors (Lipinski definition) is 5. The average molecular weight is 488 g/mol. The molecule has 0 unspecified atom stereocenters. The van der Waals surface area contributed by atoms with E-state index in [0.717, 1.165) is 16.8 Å². The Morgan fingerprint density at radius 1 is 0.778 bits per heavy atom. The predicted octanol–water partition coefficient (Wildman–Crippen LogP) is 6.06. The fourth-order valence-electron chi connectivity index (χ4n) is 6.52. The quantitative estimate of drug-likeness (QED) is 0.260. The Balaban J connectivity index is 1.56. The third-order valence-corrected chi connectivity index (χ3v) is 8.79. The second-order valence-corrected chi connectivity index (χ2v) is 10.5. The van der Waals surface area contributed by atoms with Crippen molar-refractivity contribution in [3.63, 3.8) is 0 Å². The molecule has 3 atom stereocenters. The Hall–Kier alpha value is -4.09. The lowest BCUT2D eigenvalue weighted by molar-refractivity contribution is 0.0666. The summed E-state index contributed by atoms with van der Waals surface area (Å²) >= 11 is 1.39. The largest absolute Gasteiger partial charge is 0.352 e. The molecule has 5 heteroatoms. The molecule has 1 fully saturated rings. The number of fused-ring (bicyclic) bond motifs is 5. The van der Waals surface area contributed by atoms with Crippen molar-refractivity contribution in [1.29, 1.82) is 0 Å². The van der Waals surface area contributed by atoms with Crippen LogP contribution in [0.15, 0.2) is 102 Å². The van der Waals surface area contributed by atoms with Crippen LogP contribution in [0, 0.1) is 5.41 Å². The summed E-state index contributed by atoms with van der Waals surface area (Å²) in [6.45, 7) is 0. The van der Waals surface area contributed by atoms with Crippen molar-refractivity contribution in [2.75, 3.05) is 4.90 Å². The van der Waals surface area contributed by atoms with E-state index >= 15 is 0 Å². The van der Waals surface area contributed by atoms with Gasteiger partial charge in [0, 0.05) is 22.7 Å². The third kappa shape index (κ3) is 2.61. The van der Waals surface area contributed by atoms with Crippen molar-refractivity contribution >= 4 is 40.4 Å². The van der Waals surface area contributed by atoms with E-state index in [2.05, 4.69) is 4.90 Å². The molecule has 4 nitrogen and oxygen atoms in total. The smallest absolute Gasteiger partial charge is 0.195 e. The highest BCUT2D eigenvalue weighted by molar-refractivity contribution is 7.12. The summed E-state index contributed by atoms with van der Waals surface area (Å²) in [7, 11) is 0. The first-order valence-corrected chi connectivity index (χ1v) is 12.9. The molecular weight excluding hydrogens is 466 g/mol. The average Bonchev–Trinajstić information content (AvgIpc) is 3.63. The SMILES string of the molecule is O=C(c1cccs1)[C@H]1[C@H](c2ccccc2)C2(C(=O)c3ccccc3C2=O)[C@H]2C=Cc3ccccc3N12. The molecule has 3 aliphatic rings. The number of benzene rings is 3. The van der Waals surface area contributed by atoms with Gasteiger partial charge in [0.05, 0.1) is 10.9 Å². The monoisotopic (exact) mass is 487 g/mol. The van der Waals surface area contributed by atoms with Gasteiger partial charge in [-0.25, -0.2) is 0 Å². The van der Waals surface area contributed by atoms with E-state index in [1.165, 1.54) is 11.3 Å². The fraction of sp³-hybridized carbons (Fsp3) is 0.129. The minimum absolute atomic E-state index is 0.0672. The standard InChI is InChI=1S/C31H21NO3S/c33-28(24-15-8-18-36-24)27-26(20-10-2-1-3-11-20)31(29(34)21-12-5-6-13-22(21)30(31)35)25-17-16-19-9-4-7-14-23(19)32(25)27/h1-18,25-27H/t25-,26+,27-/m1/s1. The van der Waals surface area contributed by atoms with E-state index < -0.39 is 23.4 Å². The van der Waals surface area contributed by atoms with Crippen molar-refractivity contribution in [2.24, 2.45) is 5.41 Å². The molecule has 7 rings (SSSR count). The van der Waals surface area contributed by atoms with Crippen LogP contribution in [0.1, 0.15) is 47.4 Å². The summed E-state index contributed by atoms with van der Waals surface area (Å²) in [5, 5.41) is 1.89. The predicted molar refractivity (Wildman–Crippen MR) is 141 cm³/mol. The fourth-order valence-corrected chi connectivity index (χ4v) is 7.21. The summed E-state index contributed by atoms with van der Waals surface area (Å²) in [4.78, 5) is 45.9. The van der Waals surface area contributed by atoms with Crippen LogP contribution >= 0.6 is 11.3 Å². The lowest BCUT2D eigenvalue weighted by atomic mass is 9.64. The van der Waals surface area contributed by atoms with E-state index in [1.54, 1.807) is 24.3 Å². The molecule has 3 aromatic carbocycles. The zero-order valence-electron chi connectivity index (χ0n) is 19.2. The van der Waals surface area contributed by atoms with Gasteiger partial charge >= 0.3 is 0 Å². The maximum Gasteiger partial charge on any atom is 0.195 e. The molecule has 0 bridgehead atoms. The van der Waals surface area contributed by atoms with E-state index in [1.807, 2.05) is 84.3 Å². The molecule has 0 amide bonds. The van der Waals surface area contributed by atoms with Crippen LogP contribution in [0.25, 0.3) is 6.08 Å². The number of carbonyl (C=O) groups excluding carboxylic acids is 3. The summed E-state index contributed by atoms with van der Waals surface area (Å²) < 4.78 is 0.